The summed E-state index contributed by atoms with van der Waals surface area (Å²) >= 11 is 5.06. The first-order valence-corrected chi connectivity index (χ1v) is 7.04. The fourth-order valence-electron chi connectivity index (χ4n) is 1.19. The molecule has 94 valence electrons. The Labute approximate surface area is 113 Å². The number of thioether (sulfide) groups is 1. The predicted molar refractivity (Wildman–Crippen MR) is 75.2 cm³/mol. The van der Waals surface area contributed by atoms with Crippen molar-refractivity contribution in [3.05, 3.63) is 38.3 Å². The number of non-ortho nitro benzene ring substituents is 1. The summed E-state index contributed by atoms with van der Waals surface area (Å²) in [5, 5.41) is 10.6. The van der Waals surface area contributed by atoms with Crippen LogP contribution in [0.3, 0.4) is 0 Å². The van der Waals surface area contributed by atoms with E-state index in [0.29, 0.717) is 0 Å². The summed E-state index contributed by atoms with van der Waals surface area (Å²) in [4.78, 5) is 10.2. The molecule has 0 atom stereocenters. The number of hydrogen-bond acceptors (Lipinski definition) is 4. The molecule has 6 heteroatoms. The summed E-state index contributed by atoms with van der Waals surface area (Å²) in [7, 11) is 0. The Morgan fingerprint density at radius 2 is 2.18 bits per heavy atom. The molecule has 17 heavy (non-hydrogen) atoms. The zero-order chi connectivity index (χ0) is 13.1. The minimum atomic E-state index is -0.398. The lowest BCUT2D eigenvalue weighted by Crippen LogP contribution is -2.34. The monoisotopic (exact) mass is 318 g/mol. The molecule has 1 aromatic carbocycles. The molecule has 0 bridgehead atoms. The van der Waals surface area contributed by atoms with Crippen LogP contribution in [0.1, 0.15) is 19.4 Å². The Hall–Kier alpha value is -0.590. The van der Waals surface area contributed by atoms with E-state index in [9.17, 15) is 10.1 Å². The van der Waals surface area contributed by atoms with Gasteiger partial charge in [0.15, 0.2) is 0 Å². The highest BCUT2D eigenvalue weighted by Crippen LogP contribution is 2.27. The molecule has 0 radical (unpaired) electrons. The normalized spacial score (nSPS) is 11.5. The van der Waals surface area contributed by atoms with Gasteiger partial charge in [-0.25, -0.2) is 0 Å². The molecule has 4 nitrogen and oxygen atoms in total. The smallest absolute Gasteiger partial charge is 0.270 e. The molecule has 0 unspecified atom stereocenters. The number of halogens is 1. The summed E-state index contributed by atoms with van der Waals surface area (Å²) in [6.07, 6.45) is 0. The molecule has 0 aliphatic carbocycles. The van der Waals surface area contributed by atoms with E-state index >= 15 is 0 Å². The van der Waals surface area contributed by atoms with Gasteiger partial charge in [0.2, 0.25) is 0 Å². The van der Waals surface area contributed by atoms with Crippen molar-refractivity contribution in [2.75, 3.05) is 5.75 Å². The van der Waals surface area contributed by atoms with Crippen molar-refractivity contribution in [2.24, 2.45) is 5.73 Å². The number of nitrogens with two attached hydrogens (primary N) is 1. The lowest BCUT2D eigenvalue weighted by molar-refractivity contribution is -0.384. The average Bonchev–Trinajstić information content (AvgIpc) is 2.18. The fourth-order valence-corrected chi connectivity index (χ4v) is 2.98. The van der Waals surface area contributed by atoms with Gasteiger partial charge in [0.25, 0.3) is 5.69 Å². The Kier molecular flexibility index (Phi) is 4.97. The summed E-state index contributed by atoms with van der Waals surface area (Å²) < 4.78 is 0.772. The van der Waals surface area contributed by atoms with E-state index in [4.69, 9.17) is 5.73 Å². The van der Waals surface area contributed by atoms with Gasteiger partial charge in [0.05, 0.1) is 4.92 Å². The third kappa shape index (κ3) is 5.06. The molecular weight excluding hydrogens is 304 g/mol. The molecule has 0 aliphatic rings. The summed E-state index contributed by atoms with van der Waals surface area (Å²) in [5.41, 5.74) is 6.83. The van der Waals surface area contributed by atoms with Gasteiger partial charge in [-0.3, -0.25) is 10.1 Å². The Morgan fingerprint density at radius 1 is 1.53 bits per heavy atom. The highest BCUT2D eigenvalue weighted by Gasteiger charge is 2.12. The number of hydrogen-bond donors (Lipinski definition) is 1. The fraction of sp³-hybridized carbons (Fsp3) is 0.455. The van der Waals surface area contributed by atoms with Crippen LogP contribution in [-0.2, 0) is 5.75 Å². The van der Waals surface area contributed by atoms with E-state index in [0.717, 1.165) is 21.5 Å². The van der Waals surface area contributed by atoms with Crippen LogP contribution in [0.4, 0.5) is 5.69 Å². The maximum absolute atomic E-state index is 10.6. The van der Waals surface area contributed by atoms with E-state index in [-0.39, 0.29) is 11.2 Å². The average molecular weight is 319 g/mol. The van der Waals surface area contributed by atoms with Crippen LogP contribution in [0.15, 0.2) is 22.7 Å². The van der Waals surface area contributed by atoms with Crippen LogP contribution in [0.2, 0.25) is 0 Å². The molecule has 0 amide bonds. The Balaban J connectivity index is 2.64. The minimum absolute atomic E-state index is 0.102. The molecule has 0 saturated heterocycles. The van der Waals surface area contributed by atoms with Crippen molar-refractivity contribution >= 4 is 33.4 Å². The van der Waals surface area contributed by atoms with Crippen molar-refractivity contribution in [1.29, 1.82) is 0 Å². The first-order valence-electron chi connectivity index (χ1n) is 5.09. The zero-order valence-electron chi connectivity index (χ0n) is 9.77. The van der Waals surface area contributed by atoms with Crippen LogP contribution in [0.5, 0.6) is 0 Å². The first-order chi connectivity index (χ1) is 7.79. The van der Waals surface area contributed by atoms with Gasteiger partial charge in [-0.15, -0.1) is 0 Å². The lowest BCUT2D eigenvalue weighted by atomic mass is 10.1. The maximum Gasteiger partial charge on any atom is 0.270 e. The molecule has 0 aliphatic heterocycles. The second-order valence-electron chi connectivity index (χ2n) is 4.51. The van der Waals surface area contributed by atoms with Gasteiger partial charge >= 0.3 is 0 Å². The van der Waals surface area contributed by atoms with Gasteiger partial charge in [-0.05, 0) is 19.4 Å². The maximum atomic E-state index is 10.6. The molecule has 0 spiro atoms. The van der Waals surface area contributed by atoms with Crippen LogP contribution in [0, 0.1) is 10.1 Å². The number of nitro groups is 1. The molecular formula is C11H15BrN2O2S. The highest BCUT2D eigenvalue weighted by atomic mass is 79.9. The Morgan fingerprint density at radius 3 is 2.65 bits per heavy atom. The molecule has 1 rings (SSSR count). The molecule has 1 aromatic rings. The first kappa shape index (κ1) is 14.5. The van der Waals surface area contributed by atoms with E-state index in [1.54, 1.807) is 17.8 Å². The van der Waals surface area contributed by atoms with Crippen molar-refractivity contribution in [3.8, 4) is 0 Å². The van der Waals surface area contributed by atoms with Crippen LogP contribution >= 0.6 is 27.7 Å². The van der Waals surface area contributed by atoms with Crippen LogP contribution < -0.4 is 5.73 Å². The minimum Gasteiger partial charge on any atom is -0.325 e. The number of nitrogens with zero attached hydrogens (tertiary/aromatic N) is 1. The van der Waals surface area contributed by atoms with Gasteiger partial charge in [0, 0.05) is 33.7 Å². The molecule has 0 fully saturated rings. The van der Waals surface area contributed by atoms with Gasteiger partial charge < -0.3 is 5.73 Å². The van der Waals surface area contributed by atoms with Crippen molar-refractivity contribution in [2.45, 2.75) is 25.1 Å². The van der Waals surface area contributed by atoms with E-state index in [2.05, 4.69) is 15.9 Å². The number of nitro benzene ring substituents is 1. The van der Waals surface area contributed by atoms with E-state index in [1.807, 2.05) is 13.8 Å². The summed E-state index contributed by atoms with van der Waals surface area (Å²) in [6, 6.07) is 4.83. The van der Waals surface area contributed by atoms with Crippen molar-refractivity contribution in [3.63, 3.8) is 0 Å². The van der Waals surface area contributed by atoms with E-state index in [1.165, 1.54) is 12.1 Å². The molecule has 0 saturated carbocycles. The second kappa shape index (κ2) is 5.84. The zero-order valence-corrected chi connectivity index (χ0v) is 12.2. The molecule has 0 aromatic heterocycles. The number of rotatable bonds is 5. The number of benzene rings is 1. The quantitative estimate of drug-likeness (QED) is 0.667. The van der Waals surface area contributed by atoms with Crippen molar-refractivity contribution in [1.82, 2.24) is 0 Å². The largest absolute Gasteiger partial charge is 0.325 e. The molecule has 0 heterocycles. The van der Waals surface area contributed by atoms with Gasteiger partial charge in [-0.1, -0.05) is 22.0 Å². The Bertz CT molecular complexity index is 418. The highest BCUT2D eigenvalue weighted by molar-refractivity contribution is 9.10. The standard InChI is InChI=1S/C11H15BrN2O2S/c1-11(2,13)7-17-6-8-3-4-9(14(15)16)5-10(8)12/h3-5H,6-7,13H2,1-2H3. The third-order valence-electron chi connectivity index (χ3n) is 1.98. The summed E-state index contributed by atoms with van der Waals surface area (Å²) in [5.74, 6) is 1.63. The SMILES string of the molecule is CC(C)(N)CSCc1ccc([N+](=O)[O-])cc1Br. The van der Waals surface area contributed by atoms with E-state index < -0.39 is 4.92 Å². The van der Waals surface area contributed by atoms with Gasteiger partial charge in [-0.2, -0.15) is 11.8 Å². The van der Waals surface area contributed by atoms with Crippen LogP contribution in [0.25, 0.3) is 0 Å². The third-order valence-corrected chi connectivity index (χ3v) is 4.18. The topological polar surface area (TPSA) is 69.2 Å². The van der Waals surface area contributed by atoms with Crippen LogP contribution in [-0.4, -0.2) is 16.2 Å². The lowest BCUT2D eigenvalue weighted by Gasteiger charge is -2.17. The summed E-state index contributed by atoms with van der Waals surface area (Å²) in [6.45, 7) is 3.95. The second-order valence-corrected chi connectivity index (χ2v) is 6.35. The van der Waals surface area contributed by atoms with Gasteiger partial charge in [0.1, 0.15) is 0 Å². The van der Waals surface area contributed by atoms with Crippen molar-refractivity contribution < 1.29 is 4.92 Å². The predicted octanol–water partition coefficient (Wildman–Crippen LogP) is 3.33. The molecule has 2 N–H and O–H groups in total.